The zero-order valence-electron chi connectivity index (χ0n) is 13.9. The third-order valence-electron chi connectivity index (χ3n) is 3.47. The maximum absolute atomic E-state index is 12.0. The van der Waals surface area contributed by atoms with Crippen molar-refractivity contribution in [1.29, 1.82) is 0 Å². The fraction of sp³-hybridized carbons (Fsp3) is 0.316. The molecule has 0 N–H and O–H groups in total. The summed E-state index contributed by atoms with van der Waals surface area (Å²) < 4.78 is 10.8. The van der Waals surface area contributed by atoms with Crippen molar-refractivity contribution >= 4 is 6.16 Å². The van der Waals surface area contributed by atoms with Crippen LogP contribution >= 0.6 is 0 Å². The highest BCUT2D eigenvalue weighted by Crippen LogP contribution is 2.23. The van der Waals surface area contributed by atoms with Crippen LogP contribution < -0.4 is 4.74 Å². The standard InChI is InChI=1S/C19H23NO3/c1-15-9-11-16(12-10-15)18(13-14-20(2)3)23-19(21)22-17-7-5-4-6-8-17/h4-12,18H,13-14H2,1-3H3. The second kappa shape index (κ2) is 8.34. The third-order valence-corrected chi connectivity index (χ3v) is 3.47. The monoisotopic (exact) mass is 313 g/mol. The number of aryl methyl sites for hydroxylation is 1. The molecule has 23 heavy (non-hydrogen) atoms. The lowest BCUT2D eigenvalue weighted by atomic mass is 10.0. The average molecular weight is 313 g/mol. The summed E-state index contributed by atoms with van der Waals surface area (Å²) in [6.45, 7) is 2.85. The second-order valence-electron chi connectivity index (χ2n) is 5.77. The molecule has 2 aromatic carbocycles. The number of benzene rings is 2. The second-order valence-corrected chi connectivity index (χ2v) is 5.77. The predicted octanol–water partition coefficient (Wildman–Crippen LogP) is 4.20. The van der Waals surface area contributed by atoms with Gasteiger partial charge in [-0.05, 0) is 38.7 Å². The van der Waals surface area contributed by atoms with Crippen molar-refractivity contribution in [2.24, 2.45) is 0 Å². The minimum absolute atomic E-state index is 0.325. The summed E-state index contributed by atoms with van der Waals surface area (Å²) in [6, 6.07) is 17.0. The highest BCUT2D eigenvalue weighted by molar-refractivity contribution is 5.64. The molecule has 0 aliphatic heterocycles. The Kier molecular flexibility index (Phi) is 6.18. The van der Waals surface area contributed by atoms with Crippen LogP contribution in [0.3, 0.4) is 0 Å². The number of hydrogen-bond acceptors (Lipinski definition) is 4. The number of para-hydroxylation sites is 1. The molecule has 0 aliphatic carbocycles. The van der Waals surface area contributed by atoms with E-state index in [-0.39, 0.29) is 6.10 Å². The molecule has 0 saturated heterocycles. The van der Waals surface area contributed by atoms with Gasteiger partial charge in [0.05, 0.1) is 0 Å². The number of carbonyl (C=O) groups excluding carboxylic acids is 1. The van der Waals surface area contributed by atoms with Crippen molar-refractivity contribution in [3.05, 3.63) is 65.7 Å². The Morgan fingerprint density at radius 2 is 1.70 bits per heavy atom. The molecule has 0 spiro atoms. The lowest BCUT2D eigenvalue weighted by molar-refractivity contribution is 0.0509. The number of rotatable bonds is 6. The molecule has 1 atom stereocenters. The van der Waals surface area contributed by atoms with E-state index in [1.807, 2.05) is 63.5 Å². The summed E-state index contributed by atoms with van der Waals surface area (Å²) in [6.07, 6.45) is -0.297. The maximum Gasteiger partial charge on any atom is 0.514 e. The van der Waals surface area contributed by atoms with E-state index >= 15 is 0 Å². The molecule has 4 heteroatoms. The van der Waals surface area contributed by atoms with Crippen molar-refractivity contribution in [1.82, 2.24) is 4.90 Å². The number of carbonyl (C=O) groups is 1. The first-order valence-corrected chi connectivity index (χ1v) is 7.69. The van der Waals surface area contributed by atoms with Crippen LogP contribution in [0.15, 0.2) is 54.6 Å². The molecule has 0 bridgehead atoms. The number of nitrogens with zero attached hydrogens (tertiary/aromatic N) is 1. The molecule has 4 nitrogen and oxygen atoms in total. The van der Waals surface area contributed by atoms with Crippen molar-refractivity contribution in [3.8, 4) is 5.75 Å². The highest BCUT2D eigenvalue weighted by atomic mass is 16.7. The van der Waals surface area contributed by atoms with E-state index in [1.165, 1.54) is 5.56 Å². The Labute approximate surface area is 137 Å². The molecule has 0 amide bonds. The topological polar surface area (TPSA) is 38.8 Å². The van der Waals surface area contributed by atoms with Gasteiger partial charge in [-0.2, -0.15) is 0 Å². The first-order chi connectivity index (χ1) is 11.0. The molecule has 2 aromatic rings. The van der Waals surface area contributed by atoms with Crippen molar-refractivity contribution < 1.29 is 14.3 Å². The highest BCUT2D eigenvalue weighted by Gasteiger charge is 2.18. The summed E-state index contributed by atoms with van der Waals surface area (Å²) in [5, 5.41) is 0. The number of ether oxygens (including phenoxy) is 2. The average Bonchev–Trinajstić information content (AvgIpc) is 2.53. The van der Waals surface area contributed by atoms with Crippen LogP contribution in [0.25, 0.3) is 0 Å². The Hall–Kier alpha value is -2.33. The summed E-state index contributed by atoms with van der Waals surface area (Å²) in [5.41, 5.74) is 2.15. The van der Waals surface area contributed by atoms with E-state index in [4.69, 9.17) is 9.47 Å². The van der Waals surface area contributed by atoms with Crippen molar-refractivity contribution in [2.45, 2.75) is 19.4 Å². The maximum atomic E-state index is 12.0. The third kappa shape index (κ3) is 5.75. The van der Waals surface area contributed by atoms with E-state index in [9.17, 15) is 4.79 Å². The number of hydrogen-bond donors (Lipinski definition) is 0. The largest absolute Gasteiger partial charge is 0.514 e. The first kappa shape index (κ1) is 17.0. The minimum atomic E-state index is -0.680. The Bertz CT molecular complexity index is 608. The molecule has 0 heterocycles. The zero-order chi connectivity index (χ0) is 16.7. The van der Waals surface area contributed by atoms with E-state index in [0.717, 1.165) is 12.1 Å². The van der Waals surface area contributed by atoms with Gasteiger partial charge in [-0.25, -0.2) is 4.79 Å². The molecule has 0 aromatic heterocycles. The van der Waals surface area contributed by atoms with Crippen LogP contribution in [0.1, 0.15) is 23.7 Å². The molecule has 0 saturated carbocycles. The van der Waals surface area contributed by atoms with Gasteiger partial charge in [-0.1, -0.05) is 48.0 Å². The van der Waals surface area contributed by atoms with Gasteiger partial charge in [-0.15, -0.1) is 0 Å². The lowest BCUT2D eigenvalue weighted by Crippen LogP contribution is -2.20. The normalized spacial score (nSPS) is 12.0. The quantitative estimate of drug-likeness (QED) is 0.592. The van der Waals surface area contributed by atoms with Crippen molar-refractivity contribution in [2.75, 3.05) is 20.6 Å². The minimum Gasteiger partial charge on any atom is -0.426 e. The summed E-state index contributed by atoms with van der Waals surface area (Å²) >= 11 is 0. The molecule has 0 fully saturated rings. The zero-order valence-corrected chi connectivity index (χ0v) is 13.9. The lowest BCUT2D eigenvalue weighted by Gasteiger charge is -2.20. The molecule has 1 unspecified atom stereocenters. The Morgan fingerprint density at radius 3 is 2.30 bits per heavy atom. The molecule has 0 radical (unpaired) electrons. The van der Waals surface area contributed by atoms with Crippen LogP contribution in [0.2, 0.25) is 0 Å². The Balaban J connectivity index is 2.04. The van der Waals surface area contributed by atoms with Gasteiger partial charge in [0, 0.05) is 13.0 Å². The van der Waals surface area contributed by atoms with Crippen molar-refractivity contribution in [3.63, 3.8) is 0 Å². The van der Waals surface area contributed by atoms with Gasteiger partial charge in [0.25, 0.3) is 0 Å². The van der Waals surface area contributed by atoms with Crippen LogP contribution in [0.5, 0.6) is 5.75 Å². The summed E-state index contributed by atoms with van der Waals surface area (Å²) in [4.78, 5) is 14.1. The Morgan fingerprint density at radius 1 is 1.04 bits per heavy atom. The van der Waals surface area contributed by atoms with E-state index < -0.39 is 6.16 Å². The molecule has 0 aliphatic rings. The fourth-order valence-electron chi connectivity index (χ4n) is 2.18. The van der Waals surface area contributed by atoms with Gasteiger partial charge < -0.3 is 14.4 Å². The van der Waals surface area contributed by atoms with Gasteiger partial charge in [-0.3, -0.25) is 0 Å². The SMILES string of the molecule is Cc1ccc(C(CCN(C)C)OC(=O)Oc2ccccc2)cc1. The van der Waals surface area contributed by atoms with Gasteiger partial charge in [0.1, 0.15) is 11.9 Å². The summed E-state index contributed by atoms with van der Waals surface area (Å²) in [7, 11) is 3.99. The van der Waals surface area contributed by atoms with Crippen LogP contribution in [-0.2, 0) is 4.74 Å². The fourth-order valence-corrected chi connectivity index (χ4v) is 2.18. The predicted molar refractivity (Wildman–Crippen MR) is 90.6 cm³/mol. The van der Waals surface area contributed by atoms with Gasteiger partial charge in [0.15, 0.2) is 0 Å². The first-order valence-electron chi connectivity index (χ1n) is 7.69. The molecular weight excluding hydrogens is 290 g/mol. The molecule has 122 valence electrons. The van der Waals surface area contributed by atoms with E-state index in [1.54, 1.807) is 12.1 Å². The van der Waals surface area contributed by atoms with Gasteiger partial charge >= 0.3 is 6.16 Å². The van der Waals surface area contributed by atoms with Gasteiger partial charge in [0.2, 0.25) is 0 Å². The molecular formula is C19H23NO3. The summed E-state index contributed by atoms with van der Waals surface area (Å²) in [5.74, 6) is 0.479. The smallest absolute Gasteiger partial charge is 0.426 e. The van der Waals surface area contributed by atoms with Crippen LogP contribution in [-0.4, -0.2) is 31.7 Å². The van der Waals surface area contributed by atoms with Crippen LogP contribution in [0.4, 0.5) is 4.79 Å². The van der Waals surface area contributed by atoms with E-state index in [2.05, 4.69) is 4.90 Å². The molecule has 2 rings (SSSR count). The van der Waals surface area contributed by atoms with Crippen LogP contribution in [0, 0.1) is 6.92 Å². The van der Waals surface area contributed by atoms with E-state index in [0.29, 0.717) is 12.2 Å².